The molecule has 1 heterocycles. The minimum atomic E-state index is -3.95. The van der Waals surface area contributed by atoms with Gasteiger partial charge in [0.25, 0.3) is 20.8 Å². The molecule has 2 N–H and O–H groups in total. The van der Waals surface area contributed by atoms with Crippen molar-refractivity contribution >= 4 is 15.7 Å². The van der Waals surface area contributed by atoms with Crippen molar-refractivity contribution in [3.8, 4) is 11.3 Å². The monoisotopic (exact) mass is 269 g/mol. The second-order valence-electron chi connectivity index (χ2n) is 3.38. The van der Waals surface area contributed by atoms with Crippen molar-refractivity contribution in [2.45, 2.75) is 5.09 Å². The number of non-ortho nitro benzene ring substituents is 1. The number of rotatable bonds is 3. The maximum Gasteiger partial charge on any atom is 0.274 e. The Morgan fingerprint density at radius 3 is 2.33 bits per heavy atom. The molecule has 0 radical (unpaired) electrons. The van der Waals surface area contributed by atoms with Crippen LogP contribution in [0.1, 0.15) is 0 Å². The Morgan fingerprint density at radius 1 is 1.28 bits per heavy atom. The lowest BCUT2D eigenvalue weighted by atomic mass is 10.1. The minimum absolute atomic E-state index is 0.0751. The van der Waals surface area contributed by atoms with Crippen LogP contribution in [0, 0.1) is 10.1 Å². The van der Waals surface area contributed by atoms with E-state index in [2.05, 4.69) is 9.68 Å². The summed E-state index contributed by atoms with van der Waals surface area (Å²) in [7, 11) is -3.95. The van der Waals surface area contributed by atoms with Gasteiger partial charge in [0.05, 0.1) is 4.92 Å². The van der Waals surface area contributed by atoms with E-state index in [0.29, 0.717) is 5.56 Å². The lowest BCUT2D eigenvalue weighted by Crippen LogP contribution is -2.10. The van der Waals surface area contributed by atoms with Gasteiger partial charge in [0, 0.05) is 23.8 Å². The second kappa shape index (κ2) is 4.20. The number of nitro groups is 1. The number of primary sulfonamides is 1. The van der Waals surface area contributed by atoms with Gasteiger partial charge >= 0.3 is 0 Å². The summed E-state index contributed by atoms with van der Waals surface area (Å²) in [5.41, 5.74) is 0.641. The normalized spacial score (nSPS) is 11.4. The van der Waals surface area contributed by atoms with E-state index in [0.717, 1.165) is 6.07 Å². The van der Waals surface area contributed by atoms with Crippen molar-refractivity contribution in [1.82, 2.24) is 5.16 Å². The van der Waals surface area contributed by atoms with Crippen molar-refractivity contribution in [2.75, 3.05) is 0 Å². The van der Waals surface area contributed by atoms with Crippen LogP contribution in [-0.4, -0.2) is 18.5 Å². The zero-order valence-electron chi connectivity index (χ0n) is 8.81. The highest BCUT2D eigenvalue weighted by Gasteiger charge is 2.16. The quantitative estimate of drug-likeness (QED) is 0.650. The maximum atomic E-state index is 11.0. The SMILES string of the molecule is NS(=O)(=O)c1cc(-c2ccc([N+](=O)[O-])cc2)no1. The zero-order chi connectivity index (χ0) is 13.3. The molecule has 1 aromatic heterocycles. The van der Waals surface area contributed by atoms with Crippen LogP contribution in [0.3, 0.4) is 0 Å². The van der Waals surface area contributed by atoms with Gasteiger partial charge in [-0.2, -0.15) is 0 Å². The maximum absolute atomic E-state index is 11.0. The molecule has 1 aromatic carbocycles. The molecule has 0 amide bonds. The highest BCUT2D eigenvalue weighted by atomic mass is 32.2. The van der Waals surface area contributed by atoms with Gasteiger partial charge in [0.15, 0.2) is 0 Å². The molecule has 0 saturated heterocycles. The average Bonchev–Trinajstić information content (AvgIpc) is 2.78. The van der Waals surface area contributed by atoms with Crippen LogP contribution in [-0.2, 0) is 10.0 Å². The van der Waals surface area contributed by atoms with Crippen LogP contribution < -0.4 is 5.14 Å². The van der Waals surface area contributed by atoms with E-state index in [9.17, 15) is 18.5 Å². The van der Waals surface area contributed by atoms with Gasteiger partial charge in [-0.05, 0) is 12.1 Å². The molecule has 0 saturated carbocycles. The van der Waals surface area contributed by atoms with Gasteiger partial charge in [0.1, 0.15) is 5.69 Å². The highest BCUT2D eigenvalue weighted by molar-refractivity contribution is 7.89. The Kier molecular flexibility index (Phi) is 2.85. The molecule has 0 unspecified atom stereocenters. The van der Waals surface area contributed by atoms with Gasteiger partial charge in [-0.1, -0.05) is 5.16 Å². The van der Waals surface area contributed by atoms with Crippen molar-refractivity contribution < 1.29 is 17.9 Å². The Morgan fingerprint density at radius 2 is 1.89 bits per heavy atom. The third-order valence-corrected chi connectivity index (χ3v) is 2.90. The Labute approximate surface area is 101 Å². The first-order chi connectivity index (χ1) is 8.38. The Balaban J connectivity index is 2.38. The number of nitrogens with two attached hydrogens (primary N) is 1. The fraction of sp³-hybridized carbons (Fsp3) is 0. The van der Waals surface area contributed by atoms with E-state index in [1.54, 1.807) is 0 Å². The van der Waals surface area contributed by atoms with Gasteiger partial charge < -0.3 is 4.52 Å². The van der Waals surface area contributed by atoms with Crippen molar-refractivity contribution in [3.05, 3.63) is 40.4 Å². The Hall–Kier alpha value is -2.26. The first kappa shape index (κ1) is 12.2. The summed E-state index contributed by atoms with van der Waals surface area (Å²) in [6, 6.07) is 6.57. The first-order valence-electron chi connectivity index (χ1n) is 4.62. The summed E-state index contributed by atoms with van der Waals surface area (Å²) in [6.07, 6.45) is 0. The fourth-order valence-electron chi connectivity index (χ4n) is 1.28. The van der Waals surface area contributed by atoms with Gasteiger partial charge in [-0.3, -0.25) is 10.1 Å². The number of nitro benzene ring substituents is 1. The van der Waals surface area contributed by atoms with Crippen LogP contribution in [0.5, 0.6) is 0 Å². The standard InChI is InChI=1S/C9H7N3O5S/c10-18(15,16)9-5-8(11-17-9)6-1-3-7(4-2-6)12(13)14/h1-5H,(H2,10,15,16). The molecular weight excluding hydrogens is 262 g/mol. The topological polar surface area (TPSA) is 129 Å². The van der Waals surface area contributed by atoms with E-state index < -0.39 is 20.0 Å². The number of sulfonamides is 1. The van der Waals surface area contributed by atoms with Gasteiger partial charge in [0.2, 0.25) is 0 Å². The third-order valence-electron chi connectivity index (χ3n) is 2.14. The highest BCUT2D eigenvalue weighted by Crippen LogP contribution is 2.23. The second-order valence-corrected chi connectivity index (χ2v) is 4.87. The van der Waals surface area contributed by atoms with E-state index in [1.807, 2.05) is 0 Å². The van der Waals surface area contributed by atoms with Crippen LogP contribution >= 0.6 is 0 Å². The van der Waals surface area contributed by atoms with Crippen LogP contribution in [0.25, 0.3) is 11.3 Å². The van der Waals surface area contributed by atoms with E-state index in [1.165, 1.54) is 24.3 Å². The molecule has 0 spiro atoms. The first-order valence-corrected chi connectivity index (χ1v) is 6.17. The predicted octanol–water partition coefficient (Wildman–Crippen LogP) is 0.897. The molecule has 0 atom stereocenters. The summed E-state index contributed by atoms with van der Waals surface area (Å²) in [6.45, 7) is 0. The summed E-state index contributed by atoms with van der Waals surface area (Å²) < 4.78 is 26.5. The third kappa shape index (κ3) is 2.36. The largest absolute Gasteiger partial charge is 0.343 e. The van der Waals surface area contributed by atoms with Crippen LogP contribution in [0.15, 0.2) is 39.9 Å². The molecule has 0 aliphatic rings. The minimum Gasteiger partial charge on any atom is -0.343 e. The fourth-order valence-corrected chi connectivity index (χ4v) is 1.70. The molecule has 9 heteroatoms. The number of hydrogen-bond donors (Lipinski definition) is 1. The number of aromatic nitrogens is 1. The molecule has 0 fully saturated rings. The van der Waals surface area contributed by atoms with E-state index in [4.69, 9.17) is 5.14 Å². The van der Waals surface area contributed by atoms with Crippen LogP contribution in [0.2, 0.25) is 0 Å². The van der Waals surface area contributed by atoms with Crippen molar-refractivity contribution in [3.63, 3.8) is 0 Å². The van der Waals surface area contributed by atoms with Crippen molar-refractivity contribution in [2.24, 2.45) is 5.14 Å². The molecule has 18 heavy (non-hydrogen) atoms. The number of hydrogen-bond acceptors (Lipinski definition) is 6. The smallest absolute Gasteiger partial charge is 0.274 e. The lowest BCUT2D eigenvalue weighted by Gasteiger charge is -1.94. The van der Waals surface area contributed by atoms with Crippen molar-refractivity contribution in [1.29, 1.82) is 0 Å². The molecule has 2 rings (SSSR count). The lowest BCUT2D eigenvalue weighted by molar-refractivity contribution is -0.384. The van der Waals surface area contributed by atoms with Gasteiger partial charge in [-0.25, -0.2) is 13.6 Å². The average molecular weight is 269 g/mol. The molecule has 0 aliphatic heterocycles. The van der Waals surface area contributed by atoms with E-state index in [-0.39, 0.29) is 11.4 Å². The summed E-state index contributed by atoms with van der Waals surface area (Å²) in [5.74, 6) is 0. The molecule has 94 valence electrons. The van der Waals surface area contributed by atoms with Crippen LogP contribution in [0.4, 0.5) is 5.69 Å². The molecule has 2 aromatic rings. The zero-order valence-corrected chi connectivity index (χ0v) is 9.62. The summed E-state index contributed by atoms with van der Waals surface area (Å²) >= 11 is 0. The molecular formula is C9H7N3O5S. The molecule has 0 aliphatic carbocycles. The van der Waals surface area contributed by atoms with Gasteiger partial charge in [-0.15, -0.1) is 0 Å². The molecule has 0 bridgehead atoms. The number of benzene rings is 1. The predicted molar refractivity (Wildman–Crippen MR) is 60.0 cm³/mol. The number of nitrogens with zero attached hydrogens (tertiary/aromatic N) is 2. The Bertz CT molecular complexity index is 689. The molecule has 8 nitrogen and oxygen atoms in total. The van der Waals surface area contributed by atoms with E-state index >= 15 is 0 Å². The summed E-state index contributed by atoms with van der Waals surface area (Å²) in [4.78, 5) is 9.92. The summed E-state index contributed by atoms with van der Waals surface area (Å²) in [5, 5.41) is 18.4.